The van der Waals surface area contributed by atoms with Crippen LogP contribution in [0.2, 0.25) is 0 Å². The van der Waals surface area contributed by atoms with Crippen molar-refractivity contribution in [2.75, 3.05) is 0 Å². The third-order valence-corrected chi connectivity index (χ3v) is 4.85. The maximum Gasteiger partial charge on any atom is 0.247 e. The molecule has 0 radical (unpaired) electrons. The maximum absolute atomic E-state index is 9.39. The average Bonchev–Trinajstić information content (AvgIpc) is 3.30. The number of phenols is 1. The summed E-state index contributed by atoms with van der Waals surface area (Å²) in [5.41, 5.74) is 1.60. The zero-order valence-electron chi connectivity index (χ0n) is 13.2. The highest BCUT2D eigenvalue weighted by Crippen LogP contribution is 2.25. The molecule has 4 rings (SSSR count). The lowest BCUT2D eigenvalue weighted by molar-refractivity contribution is 0.475. The summed E-state index contributed by atoms with van der Waals surface area (Å²) in [7, 11) is 0. The van der Waals surface area contributed by atoms with E-state index in [0.29, 0.717) is 22.7 Å². The number of hydrogen-bond donors (Lipinski definition) is 1. The molecule has 0 fully saturated rings. The Labute approximate surface area is 160 Å². The van der Waals surface area contributed by atoms with Gasteiger partial charge in [0.05, 0.1) is 11.4 Å². The van der Waals surface area contributed by atoms with Gasteiger partial charge in [-0.15, -0.1) is 15.3 Å². The van der Waals surface area contributed by atoms with Crippen molar-refractivity contribution in [2.24, 2.45) is 0 Å². The second kappa shape index (κ2) is 7.26. The van der Waals surface area contributed by atoms with Crippen molar-refractivity contribution in [1.29, 1.82) is 0 Å². The predicted molar refractivity (Wildman–Crippen MR) is 97.8 cm³/mol. The highest BCUT2D eigenvalue weighted by Gasteiger charge is 2.13. The van der Waals surface area contributed by atoms with Gasteiger partial charge in [0.25, 0.3) is 0 Å². The molecule has 0 aliphatic heterocycles. The van der Waals surface area contributed by atoms with Crippen molar-refractivity contribution in [1.82, 2.24) is 30.4 Å². The van der Waals surface area contributed by atoms with Gasteiger partial charge in [-0.05, 0) is 59.0 Å². The van der Waals surface area contributed by atoms with Gasteiger partial charge in [0.1, 0.15) is 5.75 Å². The molecule has 0 saturated heterocycles. The van der Waals surface area contributed by atoms with Crippen LogP contribution in [0.25, 0.3) is 17.1 Å². The zero-order valence-corrected chi connectivity index (χ0v) is 15.6. The second-order valence-electron chi connectivity index (χ2n) is 5.19. The van der Waals surface area contributed by atoms with Gasteiger partial charge in [0, 0.05) is 10.0 Å². The standard InChI is InChI=1S/C16H11BrN6O2S/c17-11-3-1-10(2-4-11)15-19-18-14(25-15)9-26-16-20-21-22-23(16)12-5-7-13(24)8-6-12/h1-8,24H,9H2. The smallest absolute Gasteiger partial charge is 0.247 e. The Morgan fingerprint density at radius 3 is 2.54 bits per heavy atom. The van der Waals surface area contributed by atoms with Crippen molar-refractivity contribution in [2.45, 2.75) is 10.9 Å². The minimum atomic E-state index is 0.183. The second-order valence-corrected chi connectivity index (χ2v) is 7.04. The third-order valence-electron chi connectivity index (χ3n) is 3.42. The van der Waals surface area contributed by atoms with E-state index in [-0.39, 0.29) is 5.75 Å². The first kappa shape index (κ1) is 16.7. The summed E-state index contributed by atoms with van der Waals surface area (Å²) in [4.78, 5) is 0. The van der Waals surface area contributed by atoms with E-state index < -0.39 is 0 Å². The van der Waals surface area contributed by atoms with Crippen LogP contribution in [0.4, 0.5) is 0 Å². The number of thioether (sulfide) groups is 1. The van der Waals surface area contributed by atoms with Crippen LogP contribution < -0.4 is 0 Å². The van der Waals surface area contributed by atoms with E-state index >= 15 is 0 Å². The van der Waals surface area contributed by atoms with Crippen LogP contribution in [-0.4, -0.2) is 35.5 Å². The third kappa shape index (κ3) is 3.60. The van der Waals surface area contributed by atoms with E-state index in [9.17, 15) is 5.11 Å². The fraction of sp³-hybridized carbons (Fsp3) is 0.0625. The first-order valence-electron chi connectivity index (χ1n) is 7.48. The van der Waals surface area contributed by atoms with Gasteiger partial charge in [-0.2, -0.15) is 4.68 Å². The van der Waals surface area contributed by atoms with Gasteiger partial charge in [-0.25, -0.2) is 0 Å². The lowest BCUT2D eigenvalue weighted by atomic mass is 10.2. The zero-order chi connectivity index (χ0) is 17.9. The molecule has 2 aromatic carbocycles. The number of benzene rings is 2. The number of tetrazole rings is 1. The van der Waals surface area contributed by atoms with Crippen LogP contribution in [0.5, 0.6) is 5.75 Å². The Hall–Kier alpha value is -2.72. The molecule has 2 heterocycles. The summed E-state index contributed by atoms with van der Waals surface area (Å²) in [6.07, 6.45) is 0. The Morgan fingerprint density at radius 2 is 1.77 bits per heavy atom. The number of hydrogen-bond acceptors (Lipinski definition) is 8. The van der Waals surface area contributed by atoms with Crippen LogP contribution in [0.15, 0.2) is 62.6 Å². The molecule has 0 bridgehead atoms. The van der Waals surface area contributed by atoms with Gasteiger partial charge in [0.15, 0.2) is 0 Å². The Morgan fingerprint density at radius 1 is 1.00 bits per heavy atom. The number of rotatable bonds is 5. The summed E-state index contributed by atoms with van der Waals surface area (Å²) in [5, 5.41) is 29.8. The van der Waals surface area contributed by atoms with Gasteiger partial charge in [-0.3, -0.25) is 0 Å². The summed E-state index contributed by atoms with van der Waals surface area (Å²) >= 11 is 4.77. The number of phenolic OH excluding ortho intramolecular Hbond substituents is 1. The fourth-order valence-electron chi connectivity index (χ4n) is 2.17. The lowest BCUT2D eigenvalue weighted by Crippen LogP contribution is -1.98. The molecule has 26 heavy (non-hydrogen) atoms. The van der Waals surface area contributed by atoms with Gasteiger partial charge in [-0.1, -0.05) is 27.7 Å². The van der Waals surface area contributed by atoms with E-state index in [1.807, 2.05) is 24.3 Å². The molecule has 2 aromatic heterocycles. The van der Waals surface area contributed by atoms with E-state index in [1.54, 1.807) is 28.9 Å². The summed E-state index contributed by atoms with van der Waals surface area (Å²) in [6.45, 7) is 0. The summed E-state index contributed by atoms with van der Waals surface area (Å²) in [6, 6.07) is 14.3. The first-order chi connectivity index (χ1) is 12.7. The van der Waals surface area contributed by atoms with Crippen molar-refractivity contribution >= 4 is 27.7 Å². The van der Waals surface area contributed by atoms with Crippen molar-refractivity contribution in [3.8, 4) is 22.9 Å². The Balaban J connectivity index is 1.48. The molecule has 0 spiro atoms. The lowest BCUT2D eigenvalue weighted by Gasteiger charge is -2.03. The fourth-order valence-corrected chi connectivity index (χ4v) is 3.16. The van der Waals surface area contributed by atoms with E-state index in [0.717, 1.165) is 15.7 Å². The molecular weight excluding hydrogens is 420 g/mol. The SMILES string of the molecule is Oc1ccc(-n2nnnc2SCc2nnc(-c3ccc(Br)cc3)o2)cc1. The normalized spacial score (nSPS) is 11.0. The molecule has 130 valence electrons. The molecule has 4 aromatic rings. The molecule has 0 amide bonds. The summed E-state index contributed by atoms with van der Waals surface area (Å²) in [5.74, 6) is 1.56. The molecule has 1 N–H and O–H groups in total. The first-order valence-corrected chi connectivity index (χ1v) is 9.26. The maximum atomic E-state index is 9.39. The number of halogens is 1. The minimum Gasteiger partial charge on any atom is -0.508 e. The number of nitrogens with zero attached hydrogens (tertiary/aromatic N) is 6. The number of aromatic hydroxyl groups is 1. The average molecular weight is 431 g/mol. The van der Waals surface area contributed by atoms with Gasteiger partial charge in [0.2, 0.25) is 16.9 Å². The van der Waals surface area contributed by atoms with Crippen LogP contribution in [0.1, 0.15) is 5.89 Å². The molecule has 0 aliphatic rings. The van der Waals surface area contributed by atoms with Crippen molar-refractivity contribution in [3.05, 3.63) is 58.9 Å². The minimum absolute atomic E-state index is 0.183. The van der Waals surface area contributed by atoms with Crippen molar-refractivity contribution < 1.29 is 9.52 Å². The molecule has 8 nitrogen and oxygen atoms in total. The van der Waals surface area contributed by atoms with Crippen LogP contribution in [0, 0.1) is 0 Å². The summed E-state index contributed by atoms with van der Waals surface area (Å²) < 4.78 is 8.26. The molecule has 0 atom stereocenters. The van der Waals surface area contributed by atoms with Gasteiger partial charge < -0.3 is 9.52 Å². The molecule has 0 aliphatic carbocycles. The van der Waals surface area contributed by atoms with Crippen LogP contribution in [0.3, 0.4) is 0 Å². The highest BCUT2D eigenvalue weighted by atomic mass is 79.9. The Kier molecular flexibility index (Phi) is 4.67. The quantitative estimate of drug-likeness (QED) is 0.480. The Bertz CT molecular complexity index is 1020. The predicted octanol–water partition coefficient (Wildman–Crippen LogP) is 3.47. The van der Waals surface area contributed by atoms with Crippen LogP contribution in [-0.2, 0) is 5.75 Å². The topological polar surface area (TPSA) is 103 Å². The monoisotopic (exact) mass is 430 g/mol. The van der Waals surface area contributed by atoms with Crippen molar-refractivity contribution in [3.63, 3.8) is 0 Å². The van der Waals surface area contributed by atoms with Gasteiger partial charge >= 0.3 is 0 Å². The molecule has 0 saturated carbocycles. The molecule has 0 unspecified atom stereocenters. The van der Waals surface area contributed by atoms with E-state index in [2.05, 4.69) is 41.7 Å². The molecular formula is C16H11BrN6O2S. The van der Waals surface area contributed by atoms with Crippen LogP contribution >= 0.6 is 27.7 Å². The van der Waals surface area contributed by atoms with E-state index in [4.69, 9.17) is 4.42 Å². The molecule has 10 heteroatoms. The highest BCUT2D eigenvalue weighted by molar-refractivity contribution is 9.10. The van der Waals surface area contributed by atoms with E-state index in [1.165, 1.54) is 11.8 Å². The largest absolute Gasteiger partial charge is 0.508 e. The number of aromatic nitrogens is 6.